The number of benzene rings is 2. The Hall–Kier alpha value is -2.78. The average molecular weight is 517 g/mol. The summed E-state index contributed by atoms with van der Waals surface area (Å²) < 4.78 is 40.3. The maximum Gasteiger partial charge on any atom is 0.306 e. The zero-order valence-corrected chi connectivity index (χ0v) is 22.1. The highest BCUT2D eigenvalue weighted by Gasteiger charge is 2.32. The topological polar surface area (TPSA) is 94.2 Å². The number of amides is 1. The Labute approximate surface area is 214 Å². The fraction of sp³-hybridized carbons (Fsp3) is 0.519. The van der Waals surface area contributed by atoms with Crippen molar-refractivity contribution in [1.29, 1.82) is 0 Å². The lowest BCUT2D eigenvalue weighted by atomic mass is 10.00. The Morgan fingerprint density at radius 2 is 1.64 bits per heavy atom. The molecular weight excluding hydrogens is 480 g/mol. The molecular formula is C27H36N2O6S. The Morgan fingerprint density at radius 1 is 1.00 bits per heavy atom. The van der Waals surface area contributed by atoms with Gasteiger partial charge in [0.1, 0.15) is 17.2 Å². The molecule has 196 valence electrons. The van der Waals surface area contributed by atoms with Crippen molar-refractivity contribution in [3.8, 4) is 17.2 Å². The molecule has 1 N–H and O–H groups in total. The number of carbonyl (C=O) groups is 1. The predicted molar refractivity (Wildman–Crippen MR) is 138 cm³/mol. The smallest absolute Gasteiger partial charge is 0.306 e. The Morgan fingerprint density at radius 3 is 2.19 bits per heavy atom. The third-order valence-electron chi connectivity index (χ3n) is 6.44. The Balaban J connectivity index is 1.68. The van der Waals surface area contributed by atoms with Crippen LogP contribution in [0.25, 0.3) is 0 Å². The maximum atomic E-state index is 13.8. The molecule has 2 aliphatic rings. The summed E-state index contributed by atoms with van der Waals surface area (Å²) in [6.07, 6.45) is 4.92. The number of hydrogen-bond donors (Lipinski definition) is 1. The van der Waals surface area contributed by atoms with E-state index in [1.165, 1.54) is 12.1 Å². The van der Waals surface area contributed by atoms with E-state index in [-0.39, 0.29) is 17.7 Å². The summed E-state index contributed by atoms with van der Waals surface area (Å²) in [7, 11) is -3.70. The van der Waals surface area contributed by atoms with Gasteiger partial charge in [-0.05, 0) is 94.4 Å². The SMILES string of the molecule is CCOc1cc(CN(C(=O)c2cccc(OS(C)(=O)=O)c2)C2CCNCC2)cc(OCC)c1C1CC1. The molecule has 8 nitrogen and oxygen atoms in total. The maximum absolute atomic E-state index is 13.8. The lowest BCUT2D eigenvalue weighted by Crippen LogP contribution is -2.45. The van der Waals surface area contributed by atoms with Crippen molar-refractivity contribution in [3.05, 3.63) is 53.1 Å². The van der Waals surface area contributed by atoms with Gasteiger partial charge in [0.2, 0.25) is 0 Å². The molecule has 1 aliphatic heterocycles. The monoisotopic (exact) mass is 516 g/mol. The predicted octanol–water partition coefficient (Wildman–Crippen LogP) is 4.09. The molecule has 0 unspecified atom stereocenters. The van der Waals surface area contributed by atoms with Gasteiger partial charge in [-0.3, -0.25) is 4.79 Å². The molecule has 1 aliphatic carbocycles. The Bertz CT molecular complexity index is 1150. The lowest BCUT2D eigenvalue weighted by Gasteiger charge is -2.35. The molecule has 0 aromatic heterocycles. The van der Waals surface area contributed by atoms with E-state index in [9.17, 15) is 13.2 Å². The second kappa shape index (κ2) is 11.5. The van der Waals surface area contributed by atoms with Crippen molar-refractivity contribution in [2.24, 2.45) is 0 Å². The number of carbonyl (C=O) groups excluding carboxylic acids is 1. The quantitative estimate of drug-likeness (QED) is 0.450. The van der Waals surface area contributed by atoms with Crippen molar-refractivity contribution < 1.29 is 26.9 Å². The molecule has 2 aromatic rings. The fourth-order valence-electron chi connectivity index (χ4n) is 4.77. The minimum Gasteiger partial charge on any atom is -0.493 e. The van der Waals surface area contributed by atoms with Crippen LogP contribution >= 0.6 is 0 Å². The number of hydrogen-bond acceptors (Lipinski definition) is 7. The van der Waals surface area contributed by atoms with E-state index in [0.717, 1.165) is 67.7 Å². The van der Waals surface area contributed by atoms with Crippen molar-refractivity contribution in [3.63, 3.8) is 0 Å². The number of piperidine rings is 1. The highest BCUT2D eigenvalue weighted by atomic mass is 32.2. The molecule has 4 rings (SSSR count). The van der Waals surface area contributed by atoms with Crippen LogP contribution in [0.4, 0.5) is 0 Å². The largest absolute Gasteiger partial charge is 0.493 e. The van der Waals surface area contributed by atoms with Crippen molar-refractivity contribution in [1.82, 2.24) is 10.2 Å². The highest BCUT2D eigenvalue weighted by Crippen LogP contribution is 2.49. The first kappa shape index (κ1) is 26.3. The highest BCUT2D eigenvalue weighted by molar-refractivity contribution is 7.86. The number of nitrogens with zero attached hydrogens (tertiary/aromatic N) is 1. The van der Waals surface area contributed by atoms with E-state index < -0.39 is 10.1 Å². The summed E-state index contributed by atoms with van der Waals surface area (Å²) in [6, 6.07) is 10.5. The van der Waals surface area contributed by atoms with Gasteiger partial charge in [-0.15, -0.1) is 0 Å². The molecule has 36 heavy (non-hydrogen) atoms. The fourth-order valence-corrected chi connectivity index (χ4v) is 5.23. The molecule has 1 saturated carbocycles. The molecule has 9 heteroatoms. The van der Waals surface area contributed by atoms with Crippen molar-refractivity contribution in [2.45, 2.75) is 58.0 Å². The first-order chi connectivity index (χ1) is 17.3. The summed E-state index contributed by atoms with van der Waals surface area (Å²) in [5.41, 5.74) is 2.47. The third kappa shape index (κ3) is 6.70. The molecule has 0 bridgehead atoms. The first-order valence-corrected chi connectivity index (χ1v) is 14.5. The van der Waals surface area contributed by atoms with Crippen LogP contribution in [-0.2, 0) is 16.7 Å². The van der Waals surface area contributed by atoms with Crippen LogP contribution < -0.4 is 19.0 Å². The van der Waals surface area contributed by atoms with Gasteiger partial charge < -0.3 is 23.9 Å². The van der Waals surface area contributed by atoms with E-state index in [4.69, 9.17) is 13.7 Å². The van der Waals surface area contributed by atoms with Gasteiger partial charge in [-0.25, -0.2) is 0 Å². The van der Waals surface area contributed by atoms with Gasteiger partial charge in [0.05, 0.1) is 19.5 Å². The average Bonchev–Trinajstić information content (AvgIpc) is 3.67. The van der Waals surface area contributed by atoms with Crippen molar-refractivity contribution in [2.75, 3.05) is 32.6 Å². The zero-order chi connectivity index (χ0) is 25.7. The van der Waals surface area contributed by atoms with Crippen molar-refractivity contribution >= 4 is 16.0 Å². The molecule has 1 saturated heterocycles. The van der Waals surface area contributed by atoms with E-state index in [1.54, 1.807) is 12.1 Å². The first-order valence-electron chi connectivity index (χ1n) is 12.7. The normalized spacial score (nSPS) is 16.4. The van der Waals surface area contributed by atoms with Crippen LogP contribution in [0, 0.1) is 0 Å². The number of rotatable bonds is 11. The number of ether oxygens (including phenoxy) is 2. The van der Waals surface area contributed by atoms with Crippen LogP contribution in [0.3, 0.4) is 0 Å². The molecule has 0 spiro atoms. The molecule has 1 heterocycles. The summed E-state index contributed by atoms with van der Waals surface area (Å²) in [4.78, 5) is 15.7. The van der Waals surface area contributed by atoms with Crippen LogP contribution in [0.5, 0.6) is 17.2 Å². The van der Waals surface area contributed by atoms with E-state index in [2.05, 4.69) is 5.32 Å². The van der Waals surface area contributed by atoms with E-state index in [0.29, 0.717) is 31.2 Å². The molecule has 1 amide bonds. The van der Waals surface area contributed by atoms with Gasteiger partial charge >= 0.3 is 10.1 Å². The summed E-state index contributed by atoms with van der Waals surface area (Å²) in [5.74, 6) is 2.09. The lowest BCUT2D eigenvalue weighted by molar-refractivity contribution is 0.0622. The minimum atomic E-state index is -3.70. The van der Waals surface area contributed by atoms with Gasteiger partial charge in [0, 0.05) is 23.7 Å². The third-order valence-corrected chi connectivity index (χ3v) is 6.94. The molecule has 0 radical (unpaired) electrons. The zero-order valence-electron chi connectivity index (χ0n) is 21.3. The summed E-state index contributed by atoms with van der Waals surface area (Å²) >= 11 is 0. The Kier molecular flexibility index (Phi) is 8.41. The van der Waals surface area contributed by atoms with Crippen LogP contribution in [0.2, 0.25) is 0 Å². The van der Waals surface area contributed by atoms with Crippen LogP contribution in [0.15, 0.2) is 36.4 Å². The van der Waals surface area contributed by atoms with Gasteiger partial charge in [-0.1, -0.05) is 6.07 Å². The second-order valence-corrected chi connectivity index (χ2v) is 11.0. The van der Waals surface area contributed by atoms with E-state index in [1.807, 2.05) is 30.9 Å². The molecule has 0 atom stereocenters. The number of nitrogens with one attached hydrogen (secondary N) is 1. The van der Waals surface area contributed by atoms with E-state index >= 15 is 0 Å². The van der Waals surface area contributed by atoms with Crippen LogP contribution in [-0.4, -0.2) is 57.8 Å². The molecule has 2 aromatic carbocycles. The van der Waals surface area contributed by atoms with Gasteiger partial charge in [0.15, 0.2) is 0 Å². The minimum absolute atomic E-state index is 0.0485. The summed E-state index contributed by atoms with van der Waals surface area (Å²) in [6.45, 7) is 7.12. The molecule has 2 fully saturated rings. The summed E-state index contributed by atoms with van der Waals surface area (Å²) in [5, 5.41) is 3.36. The standard InChI is InChI=1S/C27H36N2O6S/c1-4-33-24-15-19(16-25(34-5-2)26(24)20-9-10-20)18-29(22-11-13-28-14-12-22)27(30)21-7-6-8-23(17-21)35-36(3,31)32/h6-8,15-17,20,22,28H,4-5,9-14,18H2,1-3H3. The van der Waals surface area contributed by atoms with Gasteiger partial charge in [-0.2, -0.15) is 8.42 Å². The second-order valence-electron chi connectivity index (χ2n) is 9.38. The van der Waals surface area contributed by atoms with Gasteiger partial charge in [0.25, 0.3) is 5.91 Å². The van der Waals surface area contributed by atoms with Crippen LogP contribution in [0.1, 0.15) is 66.9 Å².